The summed E-state index contributed by atoms with van der Waals surface area (Å²) in [5, 5.41) is 0. The Hall–Kier alpha value is -3.10. The number of furan rings is 1. The first-order valence-corrected chi connectivity index (χ1v) is 8.38. The topological polar surface area (TPSA) is 59.5 Å². The normalized spacial score (nSPS) is 11.6. The molecule has 28 heavy (non-hydrogen) atoms. The Kier molecular flexibility index (Phi) is 5.81. The molecule has 0 aliphatic heterocycles. The lowest BCUT2D eigenvalue weighted by atomic mass is 10.2. The van der Waals surface area contributed by atoms with Crippen molar-refractivity contribution < 1.29 is 31.2 Å². The highest BCUT2D eigenvalue weighted by molar-refractivity contribution is 5.76. The van der Waals surface area contributed by atoms with Gasteiger partial charge in [-0.15, -0.1) is 0 Å². The molecule has 0 saturated heterocycles. The van der Waals surface area contributed by atoms with E-state index in [4.69, 9.17) is 8.83 Å². The van der Waals surface area contributed by atoms with Crippen LogP contribution in [0.1, 0.15) is 18.1 Å². The second-order valence-corrected chi connectivity index (χ2v) is 6.04. The van der Waals surface area contributed by atoms with E-state index in [-0.39, 0.29) is 42.4 Å². The van der Waals surface area contributed by atoms with Crippen LogP contribution in [0.2, 0.25) is 0 Å². The highest BCUT2D eigenvalue weighted by Gasteiger charge is 2.33. The summed E-state index contributed by atoms with van der Waals surface area (Å²) in [5.74, 6) is -0.647. The number of hydrogen-bond donors (Lipinski definition) is 0. The Balaban J connectivity index is 1.65. The highest BCUT2D eigenvalue weighted by Crippen LogP contribution is 2.24. The quantitative estimate of drug-likeness (QED) is 0.548. The summed E-state index contributed by atoms with van der Waals surface area (Å²) < 4.78 is 62.6. The predicted octanol–water partition coefficient (Wildman–Crippen LogP) is 4.60. The van der Waals surface area contributed by atoms with Crippen molar-refractivity contribution in [2.45, 2.75) is 25.6 Å². The fourth-order valence-electron chi connectivity index (χ4n) is 2.62. The number of alkyl halides is 3. The fraction of sp³-hybridized carbons (Fsp3) is 0.263. The second-order valence-electron chi connectivity index (χ2n) is 6.04. The van der Waals surface area contributed by atoms with Crippen LogP contribution < -0.4 is 0 Å². The standard InChI is InChI=1S/C19H16F4N2O3/c20-15-6-2-1-5-14(15)16-10-24-17(28-16)7-8-18(26)25(12-19(21,22)23)11-13-4-3-9-27-13/h1-6,9-10H,7-8,11-12H2. The van der Waals surface area contributed by atoms with E-state index >= 15 is 0 Å². The number of aryl methyl sites for hydroxylation is 1. The van der Waals surface area contributed by atoms with E-state index in [1.165, 1.54) is 42.8 Å². The molecular formula is C19H16F4N2O3. The summed E-state index contributed by atoms with van der Waals surface area (Å²) in [6.45, 7) is -1.68. The molecule has 148 valence electrons. The molecular weight excluding hydrogens is 380 g/mol. The Morgan fingerprint density at radius 1 is 1.14 bits per heavy atom. The Bertz CT molecular complexity index is 919. The molecule has 9 heteroatoms. The number of halogens is 4. The number of aromatic nitrogens is 1. The third kappa shape index (κ3) is 5.21. The average Bonchev–Trinajstić information content (AvgIpc) is 3.30. The van der Waals surface area contributed by atoms with Crippen LogP contribution in [0, 0.1) is 5.82 Å². The van der Waals surface area contributed by atoms with Crippen LogP contribution >= 0.6 is 0 Å². The van der Waals surface area contributed by atoms with Gasteiger partial charge in [-0.1, -0.05) is 12.1 Å². The van der Waals surface area contributed by atoms with Gasteiger partial charge in [0.2, 0.25) is 5.91 Å². The van der Waals surface area contributed by atoms with E-state index in [0.29, 0.717) is 4.90 Å². The van der Waals surface area contributed by atoms with Crippen molar-refractivity contribution in [3.63, 3.8) is 0 Å². The number of rotatable bonds is 7. The zero-order valence-corrected chi connectivity index (χ0v) is 14.6. The molecule has 0 aliphatic rings. The number of hydrogen-bond acceptors (Lipinski definition) is 4. The van der Waals surface area contributed by atoms with Gasteiger partial charge in [0.25, 0.3) is 0 Å². The van der Waals surface area contributed by atoms with Crippen molar-refractivity contribution in [2.24, 2.45) is 0 Å². The molecule has 0 fully saturated rings. The predicted molar refractivity (Wildman–Crippen MR) is 90.4 cm³/mol. The first-order chi connectivity index (χ1) is 13.3. The molecule has 0 unspecified atom stereocenters. The highest BCUT2D eigenvalue weighted by atomic mass is 19.4. The summed E-state index contributed by atoms with van der Waals surface area (Å²) >= 11 is 0. The Labute approximate surface area is 157 Å². The third-order valence-corrected chi connectivity index (χ3v) is 3.90. The van der Waals surface area contributed by atoms with Crippen LogP contribution in [-0.4, -0.2) is 28.5 Å². The summed E-state index contributed by atoms with van der Waals surface area (Å²) in [7, 11) is 0. The van der Waals surface area contributed by atoms with Crippen molar-refractivity contribution in [3.8, 4) is 11.3 Å². The molecule has 0 radical (unpaired) electrons. The lowest BCUT2D eigenvalue weighted by molar-refractivity contribution is -0.162. The van der Waals surface area contributed by atoms with Crippen LogP contribution in [0.5, 0.6) is 0 Å². The lowest BCUT2D eigenvalue weighted by Gasteiger charge is -2.22. The van der Waals surface area contributed by atoms with Gasteiger partial charge in [0.05, 0.1) is 24.6 Å². The van der Waals surface area contributed by atoms with Gasteiger partial charge in [-0.05, 0) is 24.3 Å². The summed E-state index contributed by atoms with van der Waals surface area (Å²) in [6.07, 6.45) is -2.16. The van der Waals surface area contributed by atoms with Crippen molar-refractivity contribution >= 4 is 5.91 Å². The van der Waals surface area contributed by atoms with E-state index in [1.54, 1.807) is 6.07 Å². The van der Waals surface area contributed by atoms with E-state index < -0.39 is 24.4 Å². The maximum Gasteiger partial charge on any atom is 0.406 e. The van der Waals surface area contributed by atoms with Crippen molar-refractivity contribution in [3.05, 3.63) is 66.3 Å². The van der Waals surface area contributed by atoms with Crippen molar-refractivity contribution in [2.75, 3.05) is 6.54 Å². The van der Waals surface area contributed by atoms with Gasteiger partial charge < -0.3 is 13.7 Å². The third-order valence-electron chi connectivity index (χ3n) is 3.90. The van der Waals surface area contributed by atoms with Crippen LogP contribution in [0.3, 0.4) is 0 Å². The van der Waals surface area contributed by atoms with Crippen LogP contribution in [-0.2, 0) is 17.8 Å². The van der Waals surface area contributed by atoms with E-state index in [1.807, 2.05) is 0 Å². The zero-order valence-electron chi connectivity index (χ0n) is 14.6. The summed E-state index contributed by atoms with van der Waals surface area (Å²) in [6, 6.07) is 8.97. The largest absolute Gasteiger partial charge is 0.467 e. The minimum Gasteiger partial charge on any atom is -0.467 e. The molecule has 0 saturated carbocycles. The minimum absolute atomic E-state index is 0.0141. The molecule has 3 rings (SSSR count). The Morgan fingerprint density at radius 3 is 2.61 bits per heavy atom. The molecule has 2 heterocycles. The van der Waals surface area contributed by atoms with Crippen LogP contribution in [0.15, 0.2) is 57.7 Å². The van der Waals surface area contributed by atoms with Gasteiger partial charge in [0.15, 0.2) is 11.7 Å². The molecule has 1 aromatic carbocycles. The lowest BCUT2D eigenvalue weighted by Crippen LogP contribution is -2.38. The molecule has 5 nitrogen and oxygen atoms in total. The first kappa shape index (κ1) is 19.7. The average molecular weight is 396 g/mol. The molecule has 0 N–H and O–H groups in total. The number of amides is 1. The minimum atomic E-state index is -4.54. The molecule has 3 aromatic rings. The zero-order chi connectivity index (χ0) is 20.1. The van der Waals surface area contributed by atoms with E-state index in [2.05, 4.69) is 4.98 Å². The number of benzene rings is 1. The Morgan fingerprint density at radius 2 is 1.93 bits per heavy atom. The first-order valence-electron chi connectivity index (χ1n) is 8.38. The van der Waals surface area contributed by atoms with E-state index in [9.17, 15) is 22.4 Å². The van der Waals surface area contributed by atoms with Gasteiger partial charge in [-0.25, -0.2) is 9.37 Å². The number of carbonyl (C=O) groups excluding carboxylic acids is 1. The van der Waals surface area contributed by atoms with Gasteiger partial charge in [-0.3, -0.25) is 4.79 Å². The molecule has 0 aliphatic carbocycles. The van der Waals surface area contributed by atoms with Gasteiger partial charge in [0, 0.05) is 12.8 Å². The van der Waals surface area contributed by atoms with Gasteiger partial charge in [0.1, 0.15) is 18.1 Å². The molecule has 2 aromatic heterocycles. The smallest absolute Gasteiger partial charge is 0.406 e. The number of nitrogens with zero attached hydrogens (tertiary/aromatic N) is 2. The van der Waals surface area contributed by atoms with Gasteiger partial charge >= 0.3 is 6.18 Å². The van der Waals surface area contributed by atoms with Gasteiger partial charge in [-0.2, -0.15) is 13.2 Å². The SMILES string of the molecule is O=C(CCc1ncc(-c2ccccc2F)o1)N(Cc1ccco1)CC(F)(F)F. The second kappa shape index (κ2) is 8.28. The molecule has 0 bridgehead atoms. The van der Waals surface area contributed by atoms with Crippen LogP contribution in [0.4, 0.5) is 17.6 Å². The van der Waals surface area contributed by atoms with Crippen molar-refractivity contribution in [1.29, 1.82) is 0 Å². The molecule has 0 spiro atoms. The number of oxazole rings is 1. The van der Waals surface area contributed by atoms with Crippen LogP contribution in [0.25, 0.3) is 11.3 Å². The maximum atomic E-state index is 13.8. The number of carbonyl (C=O) groups is 1. The monoisotopic (exact) mass is 396 g/mol. The summed E-state index contributed by atoms with van der Waals surface area (Å²) in [5.41, 5.74) is 0.212. The fourth-order valence-corrected chi connectivity index (χ4v) is 2.62. The van der Waals surface area contributed by atoms with Crippen molar-refractivity contribution in [1.82, 2.24) is 9.88 Å². The maximum absolute atomic E-state index is 13.8. The molecule has 1 amide bonds. The molecule has 0 atom stereocenters. The summed E-state index contributed by atoms with van der Waals surface area (Å²) in [4.78, 5) is 16.9. The van der Waals surface area contributed by atoms with E-state index in [0.717, 1.165) is 0 Å².